The first-order valence-electron chi connectivity index (χ1n) is 9.62. The van der Waals surface area contributed by atoms with Crippen LogP contribution in [-0.2, 0) is 4.79 Å². The zero-order chi connectivity index (χ0) is 17.3. The van der Waals surface area contributed by atoms with E-state index in [2.05, 4.69) is 45.9 Å². The van der Waals surface area contributed by atoms with Crippen LogP contribution in [-0.4, -0.2) is 60.3 Å². The molecule has 0 aromatic heterocycles. The fourth-order valence-corrected chi connectivity index (χ4v) is 4.57. The molecule has 3 aliphatic rings. The molecule has 1 aromatic rings. The lowest BCUT2D eigenvalue weighted by Gasteiger charge is -2.52. The molecular formula is C20H29N3O2. The van der Waals surface area contributed by atoms with E-state index >= 15 is 0 Å². The van der Waals surface area contributed by atoms with Crippen molar-refractivity contribution in [1.29, 1.82) is 0 Å². The zero-order valence-electron chi connectivity index (χ0n) is 14.8. The van der Waals surface area contributed by atoms with Gasteiger partial charge in [-0.05, 0) is 50.4 Å². The Morgan fingerprint density at radius 3 is 2.56 bits per heavy atom. The summed E-state index contributed by atoms with van der Waals surface area (Å²) < 4.78 is 0. The van der Waals surface area contributed by atoms with Crippen LogP contribution in [0.25, 0.3) is 0 Å². The number of carboxylic acids is 1. The summed E-state index contributed by atoms with van der Waals surface area (Å²) in [5.74, 6) is 0.746. The molecule has 3 fully saturated rings. The maximum atomic E-state index is 11.2. The fraction of sp³-hybridized carbons (Fsp3) is 0.650. The molecule has 4 rings (SSSR count). The number of piperidine rings is 1. The van der Waals surface area contributed by atoms with Crippen molar-refractivity contribution in [2.75, 3.05) is 32.7 Å². The molecule has 5 heteroatoms. The Kier molecular flexibility index (Phi) is 4.80. The van der Waals surface area contributed by atoms with Crippen molar-refractivity contribution in [3.8, 4) is 0 Å². The molecule has 0 radical (unpaired) electrons. The second-order valence-electron chi connectivity index (χ2n) is 8.10. The number of likely N-dealkylation sites (tertiary alicyclic amines) is 1. The molecular weight excluding hydrogens is 314 g/mol. The van der Waals surface area contributed by atoms with Crippen LogP contribution in [0.2, 0.25) is 0 Å². The molecule has 2 heterocycles. The Bertz CT molecular complexity index is 594. The summed E-state index contributed by atoms with van der Waals surface area (Å²) >= 11 is 0. The van der Waals surface area contributed by atoms with E-state index in [1.807, 2.05) is 0 Å². The summed E-state index contributed by atoms with van der Waals surface area (Å²) in [5, 5.41) is 16.2. The number of rotatable bonds is 7. The lowest BCUT2D eigenvalue weighted by atomic mass is 9.83. The largest absolute Gasteiger partial charge is 0.481 e. The normalized spacial score (nSPS) is 29.1. The zero-order valence-corrected chi connectivity index (χ0v) is 14.8. The van der Waals surface area contributed by atoms with E-state index in [0.717, 1.165) is 38.6 Å². The molecule has 2 aliphatic heterocycles. The van der Waals surface area contributed by atoms with Crippen LogP contribution in [0.4, 0.5) is 0 Å². The van der Waals surface area contributed by atoms with E-state index in [1.165, 1.54) is 24.8 Å². The summed E-state index contributed by atoms with van der Waals surface area (Å²) in [5.41, 5.74) is 1.34. The number of aliphatic carboxylic acids is 1. The summed E-state index contributed by atoms with van der Waals surface area (Å²) in [6.45, 7) is 4.82. The number of hydrogen-bond acceptors (Lipinski definition) is 4. The van der Waals surface area contributed by atoms with Gasteiger partial charge in [0.2, 0.25) is 0 Å². The summed E-state index contributed by atoms with van der Waals surface area (Å²) in [7, 11) is 0. The van der Waals surface area contributed by atoms with Crippen LogP contribution >= 0.6 is 0 Å². The molecule has 0 amide bonds. The van der Waals surface area contributed by atoms with Gasteiger partial charge in [-0.3, -0.25) is 9.69 Å². The summed E-state index contributed by atoms with van der Waals surface area (Å²) in [6, 6.07) is 11.5. The minimum absolute atomic E-state index is 0.126. The Hall–Kier alpha value is -1.43. The quantitative estimate of drug-likeness (QED) is 0.703. The van der Waals surface area contributed by atoms with Crippen molar-refractivity contribution in [2.45, 2.75) is 43.2 Å². The van der Waals surface area contributed by atoms with Crippen molar-refractivity contribution in [3.63, 3.8) is 0 Å². The van der Waals surface area contributed by atoms with Crippen molar-refractivity contribution in [1.82, 2.24) is 15.5 Å². The minimum atomic E-state index is -0.675. The number of carboxylic acid groups (broad SMARTS) is 1. The van der Waals surface area contributed by atoms with Crippen molar-refractivity contribution in [3.05, 3.63) is 35.9 Å². The first-order valence-corrected chi connectivity index (χ1v) is 9.62. The van der Waals surface area contributed by atoms with E-state index in [1.54, 1.807) is 0 Å². The minimum Gasteiger partial charge on any atom is -0.481 e. The van der Waals surface area contributed by atoms with E-state index < -0.39 is 5.97 Å². The van der Waals surface area contributed by atoms with Crippen LogP contribution in [0, 0.1) is 5.92 Å². The molecule has 0 spiro atoms. The third-order valence-electron chi connectivity index (χ3n) is 6.36. The standard InChI is InChI=1S/C20H29N3O2/c24-19(25)11-20(13-21-14-20)23-8-6-15(7-9-23)12-22-18-10-17(18)16-4-2-1-3-5-16/h1-5,15,17-18,21-22H,6-14H2,(H,24,25)/t17-,18+/m0/s1. The maximum absolute atomic E-state index is 11.2. The fourth-order valence-electron chi connectivity index (χ4n) is 4.57. The number of nitrogens with one attached hydrogen (secondary N) is 2. The second kappa shape index (κ2) is 7.06. The average Bonchev–Trinajstić information content (AvgIpc) is 3.37. The van der Waals surface area contributed by atoms with Gasteiger partial charge >= 0.3 is 5.97 Å². The summed E-state index contributed by atoms with van der Waals surface area (Å²) in [6.07, 6.45) is 3.88. The summed E-state index contributed by atoms with van der Waals surface area (Å²) in [4.78, 5) is 13.6. The Morgan fingerprint density at radius 1 is 1.24 bits per heavy atom. The lowest BCUT2D eigenvalue weighted by molar-refractivity contribution is -0.142. The average molecular weight is 343 g/mol. The van der Waals surface area contributed by atoms with Crippen molar-refractivity contribution >= 4 is 5.97 Å². The van der Waals surface area contributed by atoms with E-state index in [0.29, 0.717) is 12.0 Å². The highest BCUT2D eigenvalue weighted by molar-refractivity contribution is 5.68. The molecule has 1 aromatic carbocycles. The van der Waals surface area contributed by atoms with Crippen LogP contribution in [0.1, 0.15) is 37.2 Å². The topological polar surface area (TPSA) is 64.6 Å². The van der Waals surface area contributed by atoms with Crippen LogP contribution in [0.3, 0.4) is 0 Å². The predicted octanol–water partition coefficient (Wildman–Crippen LogP) is 1.66. The Labute approximate surface area is 149 Å². The molecule has 1 aliphatic carbocycles. The predicted molar refractivity (Wildman–Crippen MR) is 97.7 cm³/mol. The Balaban J connectivity index is 1.20. The number of hydrogen-bond donors (Lipinski definition) is 3. The molecule has 5 nitrogen and oxygen atoms in total. The lowest BCUT2D eigenvalue weighted by Crippen LogP contribution is -2.70. The van der Waals surface area contributed by atoms with Gasteiger partial charge in [0, 0.05) is 25.0 Å². The third-order valence-corrected chi connectivity index (χ3v) is 6.36. The van der Waals surface area contributed by atoms with Gasteiger partial charge in [0.25, 0.3) is 0 Å². The molecule has 2 saturated heterocycles. The second-order valence-corrected chi connectivity index (χ2v) is 8.10. The SMILES string of the molecule is O=C(O)CC1(N2CCC(CN[C@@H]3C[C@H]3c3ccccc3)CC2)CNC1. The maximum Gasteiger partial charge on any atom is 0.305 e. The van der Waals surface area contributed by atoms with Crippen LogP contribution in [0.5, 0.6) is 0 Å². The van der Waals surface area contributed by atoms with Gasteiger partial charge in [0.05, 0.1) is 12.0 Å². The van der Waals surface area contributed by atoms with Crippen LogP contribution in [0.15, 0.2) is 30.3 Å². The first kappa shape index (κ1) is 17.0. The van der Waals surface area contributed by atoms with Gasteiger partial charge in [-0.2, -0.15) is 0 Å². The Morgan fingerprint density at radius 2 is 1.96 bits per heavy atom. The molecule has 3 N–H and O–H groups in total. The number of benzene rings is 1. The van der Waals surface area contributed by atoms with E-state index in [4.69, 9.17) is 0 Å². The highest BCUT2D eigenvalue weighted by Crippen LogP contribution is 2.41. The van der Waals surface area contributed by atoms with Gasteiger partial charge in [-0.15, -0.1) is 0 Å². The van der Waals surface area contributed by atoms with Crippen LogP contribution < -0.4 is 10.6 Å². The van der Waals surface area contributed by atoms with Gasteiger partial charge < -0.3 is 15.7 Å². The number of nitrogens with zero attached hydrogens (tertiary/aromatic N) is 1. The third kappa shape index (κ3) is 3.73. The highest BCUT2D eigenvalue weighted by atomic mass is 16.4. The monoisotopic (exact) mass is 343 g/mol. The van der Waals surface area contributed by atoms with E-state index in [-0.39, 0.29) is 12.0 Å². The smallest absolute Gasteiger partial charge is 0.305 e. The van der Waals surface area contributed by atoms with Crippen molar-refractivity contribution < 1.29 is 9.90 Å². The molecule has 1 saturated carbocycles. The molecule has 2 atom stereocenters. The van der Waals surface area contributed by atoms with E-state index in [9.17, 15) is 9.90 Å². The highest BCUT2D eigenvalue weighted by Gasteiger charge is 2.45. The van der Waals surface area contributed by atoms with Gasteiger partial charge in [-0.25, -0.2) is 0 Å². The molecule has 0 bridgehead atoms. The van der Waals surface area contributed by atoms with Crippen molar-refractivity contribution in [2.24, 2.45) is 5.92 Å². The van der Waals surface area contributed by atoms with Gasteiger partial charge in [0.15, 0.2) is 0 Å². The van der Waals surface area contributed by atoms with Gasteiger partial charge in [0.1, 0.15) is 0 Å². The molecule has 0 unspecified atom stereocenters. The molecule has 136 valence electrons. The molecule has 25 heavy (non-hydrogen) atoms. The first-order chi connectivity index (χ1) is 12.2. The number of carbonyl (C=O) groups is 1. The van der Waals surface area contributed by atoms with Gasteiger partial charge in [-0.1, -0.05) is 30.3 Å².